The standard InChI is InChI=1S/C22H21BrN2O4/c1-13-11-25(12-14(2)28-13)22(27)16-7-3-4-9-18(16)24-21(26)19-10-15-6-5-8-17(23)20(15)29-19/h3-10,13-14H,11-12H2,1-2H3,(H,24,26). The Hall–Kier alpha value is -2.64. The predicted octanol–water partition coefficient (Wildman–Crippen LogP) is 4.70. The third-order valence-electron chi connectivity index (χ3n) is 4.83. The molecule has 3 aromatic rings. The van der Waals surface area contributed by atoms with Crippen LogP contribution in [0.2, 0.25) is 0 Å². The minimum atomic E-state index is -0.405. The average molecular weight is 457 g/mol. The van der Waals surface area contributed by atoms with Crippen molar-refractivity contribution in [3.8, 4) is 0 Å². The van der Waals surface area contributed by atoms with Crippen molar-refractivity contribution in [2.75, 3.05) is 18.4 Å². The Kier molecular flexibility index (Phi) is 5.43. The first-order chi connectivity index (χ1) is 13.9. The minimum Gasteiger partial charge on any atom is -0.450 e. The molecule has 0 spiro atoms. The number of para-hydroxylation sites is 2. The van der Waals surface area contributed by atoms with Crippen LogP contribution in [-0.4, -0.2) is 42.0 Å². The van der Waals surface area contributed by atoms with E-state index in [0.717, 1.165) is 9.86 Å². The first-order valence-corrected chi connectivity index (χ1v) is 10.2. The lowest BCUT2D eigenvalue weighted by Crippen LogP contribution is -2.48. The average Bonchev–Trinajstić information content (AvgIpc) is 3.13. The third-order valence-corrected chi connectivity index (χ3v) is 5.46. The zero-order valence-electron chi connectivity index (χ0n) is 16.1. The third kappa shape index (κ3) is 4.06. The van der Waals surface area contributed by atoms with Gasteiger partial charge in [-0.3, -0.25) is 9.59 Å². The summed E-state index contributed by atoms with van der Waals surface area (Å²) in [5.74, 6) is -0.352. The number of fused-ring (bicyclic) bond motifs is 1. The maximum atomic E-state index is 13.1. The summed E-state index contributed by atoms with van der Waals surface area (Å²) in [6.07, 6.45) is -0.0584. The molecular formula is C22H21BrN2O4. The monoisotopic (exact) mass is 456 g/mol. The Bertz CT molecular complexity index is 1070. The van der Waals surface area contributed by atoms with Crippen LogP contribution >= 0.6 is 15.9 Å². The Balaban J connectivity index is 1.58. The topological polar surface area (TPSA) is 71.8 Å². The van der Waals surface area contributed by atoms with Gasteiger partial charge in [-0.1, -0.05) is 24.3 Å². The molecule has 0 saturated carbocycles. The van der Waals surface area contributed by atoms with E-state index >= 15 is 0 Å². The molecule has 1 aromatic heterocycles. The van der Waals surface area contributed by atoms with Gasteiger partial charge in [0.05, 0.1) is 27.9 Å². The van der Waals surface area contributed by atoms with E-state index in [1.165, 1.54) is 0 Å². The molecule has 4 rings (SSSR count). The Morgan fingerprint density at radius 3 is 2.52 bits per heavy atom. The Labute approximate surface area is 176 Å². The van der Waals surface area contributed by atoms with Crippen LogP contribution in [0.4, 0.5) is 5.69 Å². The van der Waals surface area contributed by atoms with E-state index in [1.807, 2.05) is 32.0 Å². The summed E-state index contributed by atoms with van der Waals surface area (Å²) in [7, 11) is 0. The molecule has 2 atom stereocenters. The van der Waals surface area contributed by atoms with Gasteiger partial charge in [-0.15, -0.1) is 0 Å². The van der Waals surface area contributed by atoms with Crippen molar-refractivity contribution in [1.29, 1.82) is 0 Å². The predicted molar refractivity (Wildman–Crippen MR) is 114 cm³/mol. The van der Waals surface area contributed by atoms with Gasteiger partial charge in [0.25, 0.3) is 11.8 Å². The Morgan fingerprint density at radius 1 is 1.07 bits per heavy atom. The van der Waals surface area contributed by atoms with E-state index in [0.29, 0.717) is 29.9 Å². The van der Waals surface area contributed by atoms with Crippen molar-refractivity contribution < 1.29 is 18.7 Å². The number of ether oxygens (including phenoxy) is 1. The van der Waals surface area contributed by atoms with E-state index in [-0.39, 0.29) is 23.9 Å². The summed E-state index contributed by atoms with van der Waals surface area (Å²) in [6, 6.07) is 14.3. The minimum absolute atomic E-state index is 0.0292. The van der Waals surface area contributed by atoms with Crippen LogP contribution in [0, 0.1) is 0 Å². The number of nitrogens with one attached hydrogen (secondary N) is 1. The van der Waals surface area contributed by atoms with Crippen LogP contribution in [0.1, 0.15) is 34.8 Å². The number of halogens is 1. The molecular weight excluding hydrogens is 436 g/mol. The lowest BCUT2D eigenvalue weighted by molar-refractivity contribution is -0.0585. The van der Waals surface area contributed by atoms with Gasteiger partial charge in [-0.2, -0.15) is 0 Å². The van der Waals surface area contributed by atoms with Gasteiger partial charge in [-0.25, -0.2) is 0 Å². The largest absolute Gasteiger partial charge is 0.450 e. The van der Waals surface area contributed by atoms with E-state index in [1.54, 1.807) is 35.2 Å². The van der Waals surface area contributed by atoms with Crippen LogP contribution < -0.4 is 5.32 Å². The summed E-state index contributed by atoms with van der Waals surface area (Å²) >= 11 is 3.42. The fourth-order valence-electron chi connectivity index (χ4n) is 3.62. The number of nitrogens with zero attached hydrogens (tertiary/aromatic N) is 1. The molecule has 0 bridgehead atoms. The molecule has 0 radical (unpaired) electrons. The molecule has 7 heteroatoms. The number of anilines is 1. The van der Waals surface area contributed by atoms with E-state index in [9.17, 15) is 9.59 Å². The molecule has 2 unspecified atom stereocenters. The quantitative estimate of drug-likeness (QED) is 0.619. The second-order valence-corrected chi connectivity index (χ2v) is 8.09. The number of hydrogen-bond acceptors (Lipinski definition) is 4. The summed E-state index contributed by atoms with van der Waals surface area (Å²) in [5.41, 5.74) is 1.51. The SMILES string of the molecule is CC1CN(C(=O)c2ccccc2NC(=O)c2cc3cccc(Br)c3o2)CC(C)O1. The molecule has 29 heavy (non-hydrogen) atoms. The zero-order valence-corrected chi connectivity index (χ0v) is 17.7. The maximum Gasteiger partial charge on any atom is 0.291 e. The normalized spacial score (nSPS) is 19.3. The van der Waals surface area contributed by atoms with Gasteiger partial charge >= 0.3 is 0 Å². The molecule has 1 aliphatic heterocycles. The first kappa shape index (κ1) is 19.7. The molecule has 1 N–H and O–H groups in total. The van der Waals surface area contributed by atoms with Crippen LogP contribution in [0.3, 0.4) is 0 Å². The van der Waals surface area contributed by atoms with E-state index in [4.69, 9.17) is 9.15 Å². The highest BCUT2D eigenvalue weighted by Crippen LogP contribution is 2.28. The van der Waals surface area contributed by atoms with Gasteiger partial charge in [0, 0.05) is 18.5 Å². The molecule has 0 aliphatic carbocycles. The van der Waals surface area contributed by atoms with Crippen molar-refractivity contribution in [2.24, 2.45) is 0 Å². The molecule has 1 saturated heterocycles. The number of benzene rings is 2. The lowest BCUT2D eigenvalue weighted by atomic mass is 10.1. The number of morpholine rings is 1. The molecule has 2 aromatic carbocycles. The van der Waals surface area contributed by atoms with Crippen LogP contribution in [0.25, 0.3) is 11.0 Å². The van der Waals surface area contributed by atoms with E-state index in [2.05, 4.69) is 21.2 Å². The molecule has 1 aliphatic rings. The highest BCUT2D eigenvalue weighted by atomic mass is 79.9. The highest BCUT2D eigenvalue weighted by molar-refractivity contribution is 9.10. The molecule has 150 valence electrons. The van der Waals surface area contributed by atoms with E-state index < -0.39 is 5.91 Å². The van der Waals surface area contributed by atoms with Crippen molar-refractivity contribution in [1.82, 2.24) is 4.90 Å². The van der Waals surface area contributed by atoms with Crippen LogP contribution in [0.15, 0.2) is 57.4 Å². The molecule has 2 heterocycles. The van der Waals surface area contributed by atoms with Crippen molar-refractivity contribution in [2.45, 2.75) is 26.1 Å². The summed E-state index contributed by atoms with van der Waals surface area (Å²) in [4.78, 5) is 27.7. The number of amides is 2. The Morgan fingerprint density at radius 2 is 1.79 bits per heavy atom. The molecule has 6 nitrogen and oxygen atoms in total. The number of furan rings is 1. The highest BCUT2D eigenvalue weighted by Gasteiger charge is 2.28. The fraction of sp³-hybridized carbons (Fsp3) is 0.273. The van der Waals surface area contributed by atoms with Gasteiger partial charge in [-0.05, 0) is 54.0 Å². The van der Waals surface area contributed by atoms with Crippen LogP contribution in [-0.2, 0) is 4.74 Å². The maximum absolute atomic E-state index is 13.1. The zero-order chi connectivity index (χ0) is 20.5. The van der Waals surface area contributed by atoms with Crippen LogP contribution in [0.5, 0.6) is 0 Å². The van der Waals surface area contributed by atoms with Gasteiger partial charge in [0.2, 0.25) is 0 Å². The van der Waals surface area contributed by atoms with Crippen molar-refractivity contribution in [3.63, 3.8) is 0 Å². The van der Waals surface area contributed by atoms with Crippen molar-refractivity contribution in [3.05, 3.63) is 64.3 Å². The molecule has 2 amide bonds. The second kappa shape index (κ2) is 8.00. The van der Waals surface area contributed by atoms with Gasteiger partial charge in [0.1, 0.15) is 5.58 Å². The number of rotatable bonds is 3. The number of carbonyl (C=O) groups is 2. The summed E-state index contributed by atoms with van der Waals surface area (Å²) in [6.45, 7) is 4.93. The smallest absolute Gasteiger partial charge is 0.291 e. The van der Waals surface area contributed by atoms with Gasteiger partial charge < -0.3 is 19.4 Å². The second-order valence-electron chi connectivity index (χ2n) is 7.24. The number of hydrogen-bond donors (Lipinski definition) is 1. The summed E-state index contributed by atoms with van der Waals surface area (Å²) in [5, 5.41) is 3.65. The fourth-order valence-corrected chi connectivity index (χ4v) is 4.08. The number of carbonyl (C=O) groups excluding carboxylic acids is 2. The van der Waals surface area contributed by atoms with Gasteiger partial charge in [0.15, 0.2) is 5.76 Å². The molecule has 1 fully saturated rings. The lowest BCUT2D eigenvalue weighted by Gasteiger charge is -2.35. The summed E-state index contributed by atoms with van der Waals surface area (Å²) < 4.78 is 12.2. The first-order valence-electron chi connectivity index (χ1n) is 9.45. The van der Waals surface area contributed by atoms with Crippen molar-refractivity contribution >= 4 is 44.4 Å².